The summed E-state index contributed by atoms with van der Waals surface area (Å²) < 4.78 is 0.874. The molecule has 3 N–H and O–H groups in total. The van der Waals surface area contributed by atoms with Crippen molar-refractivity contribution in [2.45, 2.75) is 0 Å². The largest absolute Gasteiger partial charge is 0.331 e. The predicted molar refractivity (Wildman–Crippen MR) is 110 cm³/mol. The Balaban J connectivity index is 1.66. The minimum absolute atomic E-state index is 0.218. The van der Waals surface area contributed by atoms with Gasteiger partial charge in [-0.05, 0) is 48.6 Å². The lowest BCUT2D eigenvalue weighted by Gasteiger charge is -2.11. The monoisotopic (exact) mass is 429 g/mol. The van der Waals surface area contributed by atoms with E-state index in [0.717, 1.165) is 10.1 Å². The van der Waals surface area contributed by atoms with Gasteiger partial charge in [0, 0.05) is 25.8 Å². The first-order valence-electron chi connectivity index (χ1n) is 6.94. The first kappa shape index (κ1) is 18.2. The standard InChI is InChI=1S/C16H10Cl3N3OS2/c17-8-2-1-3-10(6-8)20-16(24)22-21-15(23)14-13(19)11-7-9(18)4-5-12(11)25-14/h1-7H,(H,21,23)(H2,20,22,24). The summed E-state index contributed by atoms with van der Waals surface area (Å²) in [6, 6.07) is 12.3. The molecule has 2 aromatic carbocycles. The predicted octanol–water partition coefficient (Wildman–Crippen LogP) is 5.49. The number of carbonyl (C=O) groups excluding carboxylic acids is 1. The van der Waals surface area contributed by atoms with E-state index in [9.17, 15) is 4.79 Å². The normalized spacial score (nSPS) is 10.5. The summed E-state index contributed by atoms with van der Waals surface area (Å²) in [7, 11) is 0. The molecule has 0 unspecified atom stereocenters. The molecule has 0 fully saturated rings. The number of amides is 1. The van der Waals surface area contributed by atoms with Crippen molar-refractivity contribution >= 4 is 85.2 Å². The molecule has 0 aliphatic carbocycles. The van der Waals surface area contributed by atoms with Gasteiger partial charge >= 0.3 is 0 Å². The number of hydrogen-bond donors (Lipinski definition) is 3. The van der Waals surface area contributed by atoms with Crippen LogP contribution in [0.2, 0.25) is 15.1 Å². The van der Waals surface area contributed by atoms with Crippen LogP contribution >= 0.6 is 58.4 Å². The number of benzene rings is 2. The second kappa shape index (κ2) is 7.76. The molecule has 1 heterocycles. The van der Waals surface area contributed by atoms with Gasteiger partial charge in [0.05, 0.1) is 5.02 Å². The SMILES string of the molecule is O=C(NNC(=S)Nc1cccc(Cl)c1)c1sc2ccc(Cl)cc2c1Cl. The van der Waals surface area contributed by atoms with Gasteiger partial charge in [0.25, 0.3) is 5.91 Å². The maximum Gasteiger partial charge on any atom is 0.281 e. The van der Waals surface area contributed by atoms with E-state index >= 15 is 0 Å². The number of rotatable bonds is 2. The highest BCUT2D eigenvalue weighted by Gasteiger charge is 2.17. The van der Waals surface area contributed by atoms with Gasteiger partial charge in [-0.25, -0.2) is 0 Å². The van der Waals surface area contributed by atoms with Gasteiger partial charge in [-0.1, -0.05) is 40.9 Å². The Labute approximate surface area is 168 Å². The lowest BCUT2D eigenvalue weighted by Crippen LogP contribution is -2.43. The molecular weight excluding hydrogens is 421 g/mol. The van der Waals surface area contributed by atoms with Gasteiger partial charge in [-0.2, -0.15) is 0 Å². The summed E-state index contributed by atoms with van der Waals surface area (Å²) in [6.45, 7) is 0. The minimum Gasteiger partial charge on any atom is -0.331 e. The highest BCUT2D eigenvalue weighted by atomic mass is 35.5. The number of thiophene rings is 1. The number of fused-ring (bicyclic) bond motifs is 1. The smallest absolute Gasteiger partial charge is 0.281 e. The van der Waals surface area contributed by atoms with Crippen molar-refractivity contribution in [3.63, 3.8) is 0 Å². The molecule has 0 bridgehead atoms. The number of hydrazine groups is 1. The summed E-state index contributed by atoms with van der Waals surface area (Å²) in [5.41, 5.74) is 5.85. The molecule has 0 aliphatic heterocycles. The molecule has 0 atom stereocenters. The van der Waals surface area contributed by atoms with Crippen LogP contribution in [0.3, 0.4) is 0 Å². The van der Waals surface area contributed by atoms with Gasteiger partial charge in [0.2, 0.25) is 0 Å². The molecular formula is C16H10Cl3N3OS2. The zero-order valence-corrected chi connectivity index (χ0v) is 16.3. The minimum atomic E-state index is -0.391. The zero-order chi connectivity index (χ0) is 18.0. The van der Waals surface area contributed by atoms with E-state index < -0.39 is 5.91 Å². The van der Waals surface area contributed by atoms with Crippen LogP contribution in [0.1, 0.15) is 9.67 Å². The van der Waals surface area contributed by atoms with Gasteiger partial charge in [0.1, 0.15) is 4.88 Å². The molecule has 0 spiro atoms. The van der Waals surface area contributed by atoms with E-state index in [2.05, 4.69) is 16.2 Å². The summed E-state index contributed by atoms with van der Waals surface area (Å²) >= 11 is 24.6. The van der Waals surface area contributed by atoms with Crippen molar-refractivity contribution in [2.75, 3.05) is 5.32 Å². The summed E-state index contributed by atoms with van der Waals surface area (Å²) in [4.78, 5) is 12.7. The van der Waals surface area contributed by atoms with Crippen molar-refractivity contribution in [1.82, 2.24) is 10.9 Å². The summed E-state index contributed by atoms with van der Waals surface area (Å²) in [5.74, 6) is -0.391. The van der Waals surface area contributed by atoms with Crippen LogP contribution in [0.15, 0.2) is 42.5 Å². The molecule has 1 amide bonds. The topological polar surface area (TPSA) is 53.2 Å². The van der Waals surface area contributed by atoms with E-state index in [4.69, 9.17) is 47.0 Å². The first-order valence-corrected chi connectivity index (χ1v) is 9.30. The van der Waals surface area contributed by atoms with E-state index in [-0.39, 0.29) is 5.11 Å². The third kappa shape index (κ3) is 4.34. The van der Waals surface area contributed by atoms with E-state index in [1.54, 1.807) is 36.4 Å². The molecule has 3 aromatic rings. The van der Waals surface area contributed by atoms with Crippen LogP contribution in [-0.4, -0.2) is 11.0 Å². The second-order valence-electron chi connectivity index (χ2n) is 4.93. The maximum atomic E-state index is 12.3. The van der Waals surface area contributed by atoms with E-state index in [1.165, 1.54) is 11.3 Å². The lowest BCUT2D eigenvalue weighted by molar-refractivity contribution is 0.0948. The molecule has 128 valence electrons. The molecule has 0 aliphatic rings. The molecule has 0 radical (unpaired) electrons. The quantitative estimate of drug-likeness (QED) is 0.371. The second-order valence-corrected chi connectivity index (χ2v) is 7.64. The Morgan fingerprint density at radius 1 is 1.00 bits per heavy atom. The average molecular weight is 431 g/mol. The molecule has 9 heteroatoms. The zero-order valence-electron chi connectivity index (χ0n) is 12.4. The third-order valence-corrected chi connectivity index (χ3v) is 5.52. The van der Waals surface area contributed by atoms with Crippen molar-refractivity contribution in [3.8, 4) is 0 Å². The molecule has 1 aromatic heterocycles. The van der Waals surface area contributed by atoms with Gasteiger partial charge < -0.3 is 5.32 Å². The van der Waals surface area contributed by atoms with Gasteiger partial charge in [-0.15, -0.1) is 11.3 Å². The number of hydrogen-bond acceptors (Lipinski definition) is 3. The molecule has 0 saturated heterocycles. The highest BCUT2D eigenvalue weighted by molar-refractivity contribution is 7.80. The van der Waals surface area contributed by atoms with E-state index in [0.29, 0.717) is 25.6 Å². The van der Waals surface area contributed by atoms with E-state index in [1.807, 2.05) is 6.07 Å². The Kier molecular flexibility index (Phi) is 5.66. The van der Waals surface area contributed by atoms with Crippen molar-refractivity contribution in [1.29, 1.82) is 0 Å². The Morgan fingerprint density at radius 2 is 1.76 bits per heavy atom. The summed E-state index contributed by atoms with van der Waals surface area (Å²) in [6.07, 6.45) is 0. The van der Waals surface area contributed by atoms with Crippen LogP contribution in [0.5, 0.6) is 0 Å². The molecule has 25 heavy (non-hydrogen) atoms. The van der Waals surface area contributed by atoms with Crippen LogP contribution in [0.4, 0.5) is 5.69 Å². The van der Waals surface area contributed by atoms with Crippen molar-refractivity contribution in [2.24, 2.45) is 0 Å². The molecule has 4 nitrogen and oxygen atoms in total. The first-order chi connectivity index (χ1) is 11.9. The number of thiocarbonyl (C=S) groups is 1. The maximum absolute atomic E-state index is 12.3. The highest BCUT2D eigenvalue weighted by Crippen LogP contribution is 2.36. The van der Waals surface area contributed by atoms with Crippen molar-refractivity contribution < 1.29 is 4.79 Å². The lowest BCUT2D eigenvalue weighted by atomic mass is 10.2. The number of halogens is 3. The van der Waals surface area contributed by atoms with Crippen molar-refractivity contribution in [3.05, 3.63) is 62.4 Å². The average Bonchev–Trinajstić information content (AvgIpc) is 2.89. The van der Waals surface area contributed by atoms with Gasteiger partial charge in [-0.3, -0.25) is 15.6 Å². The third-order valence-electron chi connectivity index (χ3n) is 3.17. The number of anilines is 1. The number of carbonyl (C=O) groups is 1. The fourth-order valence-electron chi connectivity index (χ4n) is 2.08. The summed E-state index contributed by atoms with van der Waals surface area (Å²) in [5, 5.41) is 5.36. The Hall–Kier alpha value is -1.57. The number of nitrogens with one attached hydrogen (secondary N) is 3. The molecule has 3 rings (SSSR count). The Bertz CT molecular complexity index is 974. The Morgan fingerprint density at radius 3 is 2.52 bits per heavy atom. The van der Waals surface area contributed by atoms with Crippen LogP contribution in [-0.2, 0) is 0 Å². The van der Waals surface area contributed by atoms with Gasteiger partial charge in [0.15, 0.2) is 5.11 Å². The fraction of sp³-hybridized carbons (Fsp3) is 0. The molecule has 0 saturated carbocycles. The van der Waals surface area contributed by atoms with Crippen LogP contribution in [0, 0.1) is 0 Å². The fourth-order valence-corrected chi connectivity index (χ4v) is 4.00. The van der Waals surface area contributed by atoms with Crippen LogP contribution < -0.4 is 16.2 Å². The van der Waals surface area contributed by atoms with Crippen LogP contribution in [0.25, 0.3) is 10.1 Å².